The first-order valence-electron chi connectivity index (χ1n) is 7.32. The van der Waals surface area contributed by atoms with Gasteiger partial charge >= 0.3 is 5.97 Å². The van der Waals surface area contributed by atoms with Crippen molar-refractivity contribution in [2.24, 2.45) is 0 Å². The second kappa shape index (κ2) is 7.61. The second-order valence-electron chi connectivity index (χ2n) is 5.45. The summed E-state index contributed by atoms with van der Waals surface area (Å²) in [6, 6.07) is 17.5. The van der Waals surface area contributed by atoms with E-state index in [1.165, 1.54) is 0 Å². The van der Waals surface area contributed by atoms with Crippen LogP contribution in [0.3, 0.4) is 0 Å². The van der Waals surface area contributed by atoms with Crippen LogP contribution in [0, 0.1) is 0 Å². The molecule has 0 fully saturated rings. The first-order chi connectivity index (χ1) is 10.5. The molecule has 4 nitrogen and oxygen atoms in total. The maximum atomic E-state index is 10.9. The summed E-state index contributed by atoms with van der Waals surface area (Å²) >= 11 is 0. The summed E-state index contributed by atoms with van der Waals surface area (Å²) in [5.41, 5.74) is 1.03. The number of hydrogen-bond acceptors (Lipinski definition) is 3. The fourth-order valence-corrected chi connectivity index (χ4v) is 2.16. The number of hydrogen-bond donors (Lipinski definition) is 1. The summed E-state index contributed by atoms with van der Waals surface area (Å²) < 4.78 is 5.81. The maximum absolute atomic E-state index is 10.9. The van der Waals surface area contributed by atoms with E-state index in [4.69, 9.17) is 9.84 Å². The summed E-state index contributed by atoms with van der Waals surface area (Å²) in [7, 11) is 0. The van der Waals surface area contributed by atoms with Crippen LogP contribution in [0.4, 0.5) is 0 Å². The second-order valence-corrected chi connectivity index (χ2v) is 5.45. The van der Waals surface area contributed by atoms with Gasteiger partial charge in [0.25, 0.3) is 0 Å². The van der Waals surface area contributed by atoms with E-state index in [-0.39, 0.29) is 12.6 Å². The number of carboxylic acid groups (broad SMARTS) is 1. The topological polar surface area (TPSA) is 49.8 Å². The number of carboxylic acids is 1. The number of ether oxygens (including phenoxy) is 1. The minimum Gasteiger partial charge on any atom is -0.480 e. The summed E-state index contributed by atoms with van der Waals surface area (Å²) in [6.07, 6.45) is 0. The molecule has 116 valence electrons. The highest BCUT2D eigenvalue weighted by atomic mass is 16.5. The average molecular weight is 299 g/mol. The van der Waals surface area contributed by atoms with Gasteiger partial charge in [0.05, 0.1) is 6.54 Å². The minimum absolute atomic E-state index is 0.0292. The van der Waals surface area contributed by atoms with Crippen molar-refractivity contribution < 1.29 is 14.6 Å². The highest BCUT2D eigenvalue weighted by Gasteiger charge is 2.14. The molecule has 0 spiro atoms. The fraction of sp³-hybridized carbons (Fsp3) is 0.278. The molecule has 4 heteroatoms. The Morgan fingerprint density at radius 3 is 2.41 bits per heavy atom. The van der Waals surface area contributed by atoms with Gasteiger partial charge in [-0.1, -0.05) is 30.3 Å². The number of carbonyl (C=O) groups is 1. The Hall–Kier alpha value is -2.33. The number of para-hydroxylation sites is 1. The molecule has 0 unspecified atom stereocenters. The molecule has 22 heavy (non-hydrogen) atoms. The Bertz CT molecular complexity index is 611. The number of rotatable bonds is 7. The van der Waals surface area contributed by atoms with Gasteiger partial charge in [0.1, 0.15) is 11.5 Å². The molecule has 1 N–H and O–H groups in total. The predicted molar refractivity (Wildman–Crippen MR) is 86.1 cm³/mol. The van der Waals surface area contributed by atoms with Crippen molar-refractivity contribution in [3.8, 4) is 11.5 Å². The SMILES string of the molecule is CC(C)N(CC(=O)O)Cc1cccc(Oc2ccccc2)c1. The zero-order valence-electron chi connectivity index (χ0n) is 12.9. The van der Waals surface area contributed by atoms with Crippen molar-refractivity contribution in [3.63, 3.8) is 0 Å². The Balaban J connectivity index is 2.08. The number of aliphatic carboxylic acids is 1. The quantitative estimate of drug-likeness (QED) is 0.845. The first kappa shape index (κ1) is 16.0. The van der Waals surface area contributed by atoms with E-state index in [2.05, 4.69) is 0 Å². The van der Waals surface area contributed by atoms with Gasteiger partial charge in [-0.2, -0.15) is 0 Å². The molecule has 2 aromatic carbocycles. The lowest BCUT2D eigenvalue weighted by atomic mass is 10.1. The molecule has 0 aliphatic rings. The van der Waals surface area contributed by atoms with Crippen LogP contribution in [-0.2, 0) is 11.3 Å². The van der Waals surface area contributed by atoms with Gasteiger partial charge in [-0.3, -0.25) is 9.69 Å². The third-order valence-corrected chi connectivity index (χ3v) is 3.33. The van der Waals surface area contributed by atoms with E-state index in [0.29, 0.717) is 6.54 Å². The molecule has 0 aliphatic heterocycles. The van der Waals surface area contributed by atoms with Crippen LogP contribution in [-0.4, -0.2) is 28.6 Å². The van der Waals surface area contributed by atoms with E-state index in [1.54, 1.807) is 0 Å². The number of nitrogens with zero attached hydrogens (tertiary/aromatic N) is 1. The summed E-state index contributed by atoms with van der Waals surface area (Å²) in [6.45, 7) is 4.60. The van der Waals surface area contributed by atoms with Gasteiger partial charge in [-0.05, 0) is 43.7 Å². The Morgan fingerprint density at radius 1 is 1.09 bits per heavy atom. The lowest BCUT2D eigenvalue weighted by Gasteiger charge is -2.24. The van der Waals surface area contributed by atoms with Crippen LogP contribution in [0.5, 0.6) is 11.5 Å². The van der Waals surface area contributed by atoms with Gasteiger partial charge in [-0.15, -0.1) is 0 Å². The van der Waals surface area contributed by atoms with Crippen LogP contribution >= 0.6 is 0 Å². The smallest absolute Gasteiger partial charge is 0.317 e. The van der Waals surface area contributed by atoms with Crippen molar-refractivity contribution in [1.29, 1.82) is 0 Å². The van der Waals surface area contributed by atoms with Crippen LogP contribution in [0.15, 0.2) is 54.6 Å². The van der Waals surface area contributed by atoms with Crippen LogP contribution in [0.25, 0.3) is 0 Å². The third kappa shape index (κ3) is 4.90. The highest BCUT2D eigenvalue weighted by Crippen LogP contribution is 2.22. The average Bonchev–Trinajstić information content (AvgIpc) is 2.47. The summed E-state index contributed by atoms with van der Waals surface area (Å²) in [5.74, 6) is 0.721. The first-order valence-corrected chi connectivity index (χ1v) is 7.32. The predicted octanol–water partition coefficient (Wildman–Crippen LogP) is 3.77. The van der Waals surface area contributed by atoms with E-state index in [9.17, 15) is 4.79 Å². The summed E-state index contributed by atoms with van der Waals surface area (Å²) in [5, 5.41) is 8.99. The highest BCUT2D eigenvalue weighted by molar-refractivity contribution is 5.69. The normalized spacial score (nSPS) is 10.9. The molecule has 2 rings (SSSR count). The largest absolute Gasteiger partial charge is 0.480 e. The van der Waals surface area contributed by atoms with Crippen LogP contribution in [0.2, 0.25) is 0 Å². The molecule has 0 aromatic heterocycles. The molecular weight excluding hydrogens is 278 g/mol. The molecule has 0 aliphatic carbocycles. The standard InChI is InChI=1S/C18H21NO3/c1-14(2)19(13-18(20)21)12-15-7-6-10-17(11-15)22-16-8-4-3-5-9-16/h3-11,14H,12-13H2,1-2H3,(H,20,21). The molecule has 0 saturated carbocycles. The van der Waals surface area contributed by atoms with E-state index < -0.39 is 5.97 Å². The Morgan fingerprint density at radius 2 is 1.77 bits per heavy atom. The molecular formula is C18H21NO3. The lowest BCUT2D eigenvalue weighted by Crippen LogP contribution is -2.35. The van der Waals surface area contributed by atoms with Crippen molar-refractivity contribution in [1.82, 2.24) is 4.90 Å². The van der Waals surface area contributed by atoms with Crippen LogP contribution < -0.4 is 4.74 Å². The van der Waals surface area contributed by atoms with Crippen molar-refractivity contribution in [2.45, 2.75) is 26.4 Å². The molecule has 0 amide bonds. The van der Waals surface area contributed by atoms with Gasteiger partial charge < -0.3 is 9.84 Å². The zero-order valence-corrected chi connectivity index (χ0v) is 12.9. The molecule has 0 bridgehead atoms. The summed E-state index contributed by atoms with van der Waals surface area (Å²) in [4.78, 5) is 12.9. The molecule has 0 saturated heterocycles. The molecule has 0 heterocycles. The van der Waals surface area contributed by atoms with Gasteiger partial charge in [0.2, 0.25) is 0 Å². The van der Waals surface area contributed by atoms with E-state index in [0.717, 1.165) is 17.1 Å². The molecule has 0 radical (unpaired) electrons. The lowest BCUT2D eigenvalue weighted by molar-refractivity contribution is -0.138. The van der Waals surface area contributed by atoms with Gasteiger partial charge in [0.15, 0.2) is 0 Å². The van der Waals surface area contributed by atoms with Crippen LogP contribution in [0.1, 0.15) is 19.4 Å². The van der Waals surface area contributed by atoms with Crippen molar-refractivity contribution in [3.05, 3.63) is 60.2 Å². The zero-order chi connectivity index (χ0) is 15.9. The Kier molecular flexibility index (Phi) is 5.55. The maximum Gasteiger partial charge on any atom is 0.317 e. The van der Waals surface area contributed by atoms with Gasteiger partial charge in [-0.25, -0.2) is 0 Å². The molecule has 2 aromatic rings. The Labute approximate surface area is 131 Å². The number of benzene rings is 2. The monoisotopic (exact) mass is 299 g/mol. The van der Waals surface area contributed by atoms with E-state index >= 15 is 0 Å². The molecule has 0 atom stereocenters. The van der Waals surface area contributed by atoms with E-state index in [1.807, 2.05) is 73.3 Å². The fourth-order valence-electron chi connectivity index (χ4n) is 2.16. The van der Waals surface area contributed by atoms with Gasteiger partial charge in [0, 0.05) is 12.6 Å². The third-order valence-electron chi connectivity index (χ3n) is 3.33. The van der Waals surface area contributed by atoms with Crippen molar-refractivity contribution >= 4 is 5.97 Å². The van der Waals surface area contributed by atoms with Crippen molar-refractivity contribution in [2.75, 3.05) is 6.54 Å². The minimum atomic E-state index is -0.814.